The Hall–Kier alpha value is -2.10. The lowest BCUT2D eigenvalue weighted by Gasteiger charge is -2.37. The van der Waals surface area contributed by atoms with Crippen molar-refractivity contribution in [2.24, 2.45) is 5.73 Å². The van der Waals surface area contributed by atoms with Crippen molar-refractivity contribution < 1.29 is 9.59 Å². The molecule has 0 aromatic heterocycles. The number of nitrogens with two attached hydrogens (primary N) is 1. The number of halogens is 1. The summed E-state index contributed by atoms with van der Waals surface area (Å²) in [6, 6.07) is 9.54. The zero-order valence-corrected chi connectivity index (χ0v) is 14.8. The molecule has 25 heavy (non-hydrogen) atoms. The third-order valence-electron chi connectivity index (χ3n) is 4.40. The Bertz CT molecular complexity index is 646. The van der Waals surface area contributed by atoms with Gasteiger partial charge in [-0.15, -0.1) is 0 Å². The second kappa shape index (κ2) is 8.84. The number of nitrogens with zero attached hydrogens (tertiary/aromatic N) is 2. The van der Waals surface area contributed by atoms with Gasteiger partial charge in [-0.3, -0.25) is 9.59 Å². The van der Waals surface area contributed by atoms with Crippen LogP contribution in [0, 0.1) is 17.8 Å². The Morgan fingerprint density at radius 3 is 2.52 bits per heavy atom. The number of likely N-dealkylation sites (tertiary alicyclic amines) is 1. The van der Waals surface area contributed by atoms with E-state index in [-0.39, 0.29) is 11.8 Å². The lowest BCUT2D eigenvalue weighted by Crippen LogP contribution is -2.54. The van der Waals surface area contributed by atoms with Crippen LogP contribution in [0.3, 0.4) is 0 Å². The number of hydrogen-bond acceptors (Lipinski definition) is 4. The largest absolute Gasteiger partial charge is 0.370 e. The molecule has 2 amide bonds. The normalized spacial score (nSPS) is 16.8. The molecule has 1 radical (unpaired) electrons. The smallest absolute Gasteiger partial charge is 0.225 e. The van der Waals surface area contributed by atoms with Crippen LogP contribution in [-0.4, -0.2) is 41.9 Å². The van der Waals surface area contributed by atoms with Crippen molar-refractivity contribution in [1.29, 1.82) is 5.26 Å². The van der Waals surface area contributed by atoms with Gasteiger partial charge in [0.05, 0.1) is 12.5 Å². The second-order valence-corrected chi connectivity index (χ2v) is 6.71. The van der Waals surface area contributed by atoms with Crippen molar-refractivity contribution in [3.63, 3.8) is 0 Å². The number of piperidine rings is 1. The van der Waals surface area contributed by atoms with Gasteiger partial charge in [-0.05, 0) is 37.0 Å². The van der Waals surface area contributed by atoms with Gasteiger partial charge in [0.1, 0.15) is 5.54 Å². The number of nitrogens with one attached hydrogen (secondary N) is 1. The molecular formula is C18H22ClN4O2. The molecule has 1 aliphatic rings. The minimum absolute atomic E-state index is 0.248. The summed E-state index contributed by atoms with van der Waals surface area (Å²) in [6.07, 6.45) is 3.39. The van der Waals surface area contributed by atoms with Gasteiger partial charge >= 0.3 is 0 Å². The third-order valence-corrected chi connectivity index (χ3v) is 4.65. The Labute approximate surface area is 152 Å². The van der Waals surface area contributed by atoms with E-state index in [1.165, 1.54) is 0 Å². The molecule has 133 valence electrons. The Morgan fingerprint density at radius 2 is 1.96 bits per heavy atom. The highest BCUT2D eigenvalue weighted by molar-refractivity contribution is 6.30. The third kappa shape index (κ3) is 6.04. The van der Waals surface area contributed by atoms with Crippen LogP contribution in [0.4, 0.5) is 0 Å². The molecule has 2 rings (SSSR count). The van der Waals surface area contributed by atoms with E-state index in [1.54, 1.807) is 18.6 Å². The first-order valence-corrected chi connectivity index (χ1v) is 8.62. The van der Waals surface area contributed by atoms with E-state index in [4.69, 9.17) is 17.3 Å². The summed E-state index contributed by atoms with van der Waals surface area (Å²) in [5.41, 5.74) is 5.29. The number of carbonyl (C=O) groups excluding carboxylic acids is 2. The monoisotopic (exact) mass is 361 g/mol. The zero-order chi connectivity index (χ0) is 18.3. The fourth-order valence-electron chi connectivity index (χ4n) is 2.81. The summed E-state index contributed by atoms with van der Waals surface area (Å²) in [5.74, 6) is -0.579. The molecule has 6 nitrogen and oxygen atoms in total. The SMILES string of the molecule is N#CC1(NC(=O)[CH]Cc2ccc(Cl)cc2)CCN(CCC(N)=O)CC1. The van der Waals surface area contributed by atoms with E-state index in [9.17, 15) is 14.9 Å². The Kier molecular flexibility index (Phi) is 6.80. The van der Waals surface area contributed by atoms with E-state index < -0.39 is 5.54 Å². The van der Waals surface area contributed by atoms with Gasteiger partial charge < -0.3 is 16.0 Å². The lowest BCUT2D eigenvalue weighted by atomic mass is 9.88. The van der Waals surface area contributed by atoms with Gasteiger partial charge in [0.15, 0.2) is 0 Å². The van der Waals surface area contributed by atoms with Crippen molar-refractivity contribution >= 4 is 23.4 Å². The van der Waals surface area contributed by atoms with Crippen molar-refractivity contribution in [2.45, 2.75) is 31.2 Å². The summed E-state index contributed by atoms with van der Waals surface area (Å²) < 4.78 is 0. The Balaban J connectivity index is 1.81. The molecule has 0 bridgehead atoms. The zero-order valence-electron chi connectivity index (χ0n) is 14.0. The fourth-order valence-corrected chi connectivity index (χ4v) is 2.94. The maximum absolute atomic E-state index is 12.2. The molecule has 7 heteroatoms. The van der Waals surface area contributed by atoms with Crippen LogP contribution in [0.1, 0.15) is 24.8 Å². The van der Waals surface area contributed by atoms with Gasteiger partial charge in [0, 0.05) is 31.1 Å². The molecule has 3 N–H and O–H groups in total. The number of primary amides is 1. The molecule has 0 aliphatic carbocycles. The summed E-state index contributed by atoms with van der Waals surface area (Å²) in [5, 5.41) is 13.0. The highest BCUT2D eigenvalue weighted by Gasteiger charge is 2.35. The van der Waals surface area contributed by atoms with Crippen LogP contribution in [0.25, 0.3) is 0 Å². The lowest BCUT2D eigenvalue weighted by molar-refractivity contribution is -0.119. The van der Waals surface area contributed by atoms with Crippen LogP contribution in [0.5, 0.6) is 0 Å². The van der Waals surface area contributed by atoms with E-state index in [1.807, 2.05) is 12.1 Å². The van der Waals surface area contributed by atoms with Crippen LogP contribution < -0.4 is 11.1 Å². The van der Waals surface area contributed by atoms with Gasteiger partial charge in [-0.1, -0.05) is 23.7 Å². The first-order valence-electron chi connectivity index (χ1n) is 8.24. The molecular weight excluding hydrogens is 340 g/mol. The number of amides is 2. The first-order chi connectivity index (χ1) is 11.9. The molecule has 0 spiro atoms. The summed E-state index contributed by atoms with van der Waals surface area (Å²) >= 11 is 5.84. The molecule has 1 heterocycles. The summed E-state index contributed by atoms with van der Waals surface area (Å²) in [7, 11) is 0. The number of nitriles is 1. The Morgan fingerprint density at radius 1 is 1.32 bits per heavy atom. The van der Waals surface area contributed by atoms with E-state index in [2.05, 4.69) is 16.3 Å². The minimum Gasteiger partial charge on any atom is -0.370 e. The van der Waals surface area contributed by atoms with Crippen LogP contribution >= 0.6 is 11.6 Å². The molecule has 1 fully saturated rings. The summed E-state index contributed by atoms with van der Waals surface area (Å²) in [4.78, 5) is 25.1. The van der Waals surface area contributed by atoms with Crippen LogP contribution in [0.15, 0.2) is 24.3 Å². The molecule has 1 aliphatic heterocycles. The fraction of sp³-hybridized carbons (Fsp3) is 0.444. The van der Waals surface area contributed by atoms with Gasteiger partial charge in [-0.25, -0.2) is 0 Å². The summed E-state index contributed by atoms with van der Waals surface area (Å²) in [6.45, 7) is 1.89. The standard InChI is InChI=1S/C18H22ClN4O2/c19-15-4-1-14(2-5-15)3-6-17(25)22-18(13-20)8-11-23(12-9-18)10-7-16(21)24/h1-2,4-6H,3,7-12H2,(H2,21,24)(H,22,25). The highest BCUT2D eigenvalue weighted by Crippen LogP contribution is 2.22. The van der Waals surface area contributed by atoms with Crippen LogP contribution in [0.2, 0.25) is 5.02 Å². The van der Waals surface area contributed by atoms with Gasteiger partial charge in [0.2, 0.25) is 11.8 Å². The van der Waals surface area contributed by atoms with Gasteiger partial charge in [-0.2, -0.15) is 5.26 Å². The average molecular weight is 362 g/mol. The molecule has 0 atom stereocenters. The first kappa shape index (κ1) is 19.2. The van der Waals surface area contributed by atoms with Crippen molar-refractivity contribution in [2.75, 3.05) is 19.6 Å². The topological polar surface area (TPSA) is 99.2 Å². The maximum atomic E-state index is 12.2. The van der Waals surface area contributed by atoms with E-state index in [0.29, 0.717) is 50.3 Å². The maximum Gasteiger partial charge on any atom is 0.225 e. The van der Waals surface area contributed by atoms with Crippen molar-refractivity contribution in [3.05, 3.63) is 41.3 Å². The predicted octanol–water partition coefficient (Wildman–Crippen LogP) is 1.44. The van der Waals surface area contributed by atoms with E-state index in [0.717, 1.165) is 5.56 Å². The molecule has 1 aromatic rings. The quantitative estimate of drug-likeness (QED) is 0.767. The predicted molar refractivity (Wildman–Crippen MR) is 95.4 cm³/mol. The number of carbonyl (C=O) groups is 2. The number of rotatable bonds is 7. The van der Waals surface area contributed by atoms with E-state index >= 15 is 0 Å². The molecule has 0 unspecified atom stereocenters. The molecule has 0 saturated carbocycles. The number of benzene rings is 1. The molecule has 1 saturated heterocycles. The average Bonchev–Trinajstić information content (AvgIpc) is 2.60. The number of hydrogen-bond donors (Lipinski definition) is 2. The molecule has 1 aromatic carbocycles. The minimum atomic E-state index is -0.850. The van der Waals surface area contributed by atoms with Crippen molar-refractivity contribution in [3.8, 4) is 6.07 Å². The van der Waals surface area contributed by atoms with Gasteiger partial charge in [0.25, 0.3) is 0 Å². The highest BCUT2D eigenvalue weighted by atomic mass is 35.5. The second-order valence-electron chi connectivity index (χ2n) is 6.28. The van der Waals surface area contributed by atoms with Crippen molar-refractivity contribution in [1.82, 2.24) is 10.2 Å². The van der Waals surface area contributed by atoms with Crippen LogP contribution in [-0.2, 0) is 16.0 Å².